The Morgan fingerprint density at radius 2 is 1.68 bits per heavy atom. The van der Waals surface area contributed by atoms with Gasteiger partial charge in [0, 0.05) is 11.1 Å². The first kappa shape index (κ1) is 21.2. The van der Waals surface area contributed by atoms with Crippen molar-refractivity contribution in [3.8, 4) is 28.4 Å². The van der Waals surface area contributed by atoms with E-state index < -0.39 is 0 Å². The molecule has 0 spiro atoms. The molecule has 0 bridgehead atoms. The molecular weight excluding hydrogens is 391 g/mol. The van der Waals surface area contributed by atoms with Gasteiger partial charge in [-0.3, -0.25) is 0 Å². The largest absolute Gasteiger partial charge is 0.497 e. The lowest BCUT2D eigenvalue weighted by Gasteiger charge is -2.15. The fourth-order valence-electron chi connectivity index (χ4n) is 3.97. The summed E-state index contributed by atoms with van der Waals surface area (Å²) in [5, 5.41) is 0. The average molecular weight is 421 g/mol. The second-order valence-corrected chi connectivity index (χ2v) is 7.95. The van der Waals surface area contributed by atoms with Crippen molar-refractivity contribution in [2.75, 3.05) is 13.7 Å². The highest BCUT2D eigenvalue weighted by molar-refractivity contribution is 5.72. The van der Waals surface area contributed by atoms with E-state index in [1.54, 1.807) is 19.2 Å². The van der Waals surface area contributed by atoms with Gasteiger partial charge in [-0.2, -0.15) is 0 Å². The predicted octanol–water partition coefficient (Wildman–Crippen LogP) is 6.75. The molecule has 3 nitrogen and oxygen atoms in total. The number of ether oxygens (including phenoxy) is 3. The maximum absolute atomic E-state index is 14.6. The van der Waals surface area contributed by atoms with Crippen molar-refractivity contribution in [2.24, 2.45) is 0 Å². The van der Waals surface area contributed by atoms with Crippen LogP contribution < -0.4 is 14.2 Å². The number of hydrogen-bond acceptors (Lipinski definition) is 3. The maximum atomic E-state index is 14.6. The lowest BCUT2D eigenvalue weighted by atomic mass is 10.0. The van der Waals surface area contributed by atoms with Gasteiger partial charge in [0.05, 0.1) is 13.7 Å². The second-order valence-electron chi connectivity index (χ2n) is 7.95. The van der Waals surface area contributed by atoms with E-state index >= 15 is 0 Å². The van der Waals surface area contributed by atoms with Crippen molar-refractivity contribution in [2.45, 2.75) is 45.6 Å². The van der Waals surface area contributed by atoms with E-state index in [4.69, 9.17) is 14.2 Å². The first-order valence-electron chi connectivity index (χ1n) is 11.0. The summed E-state index contributed by atoms with van der Waals surface area (Å²) in [6, 6.07) is 16.9. The molecule has 3 aromatic rings. The van der Waals surface area contributed by atoms with Crippen molar-refractivity contribution >= 4 is 0 Å². The molecule has 31 heavy (non-hydrogen) atoms. The molecule has 0 aromatic heterocycles. The minimum absolute atomic E-state index is 0.303. The van der Waals surface area contributed by atoms with Crippen LogP contribution in [0.25, 0.3) is 11.1 Å². The number of methoxy groups -OCH3 is 1. The Morgan fingerprint density at radius 3 is 2.52 bits per heavy atom. The van der Waals surface area contributed by atoms with E-state index in [0.717, 1.165) is 37.0 Å². The Bertz CT molecular complexity index is 1040. The third-order valence-electron chi connectivity index (χ3n) is 5.74. The third kappa shape index (κ3) is 5.01. The molecule has 0 atom stereocenters. The minimum Gasteiger partial charge on any atom is -0.497 e. The van der Waals surface area contributed by atoms with Crippen LogP contribution in [-0.2, 0) is 19.4 Å². The van der Waals surface area contributed by atoms with Gasteiger partial charge in [0.25, 0.3) is 0 Å². The highest BCUT2D eigenvalue weighted by Crippen LogP contribution is 2.35. The van der Waals surface area contributed by atoms with Crippen LogP contribution in [-0.4, -0.2) is 13.7 Å². The zero-order chi connectivity index (χ0) is 21.6. The SMILES string of the molecule is CCCCOc1cc(COc2ccc3c(c2)CCC3)ccc1-c1cc(OC)ccc1F. The Hall–Kier alpha value is -3.01. The standard InChI is InChI=1S/C27H29FO3/c1-3-4-14-30-27-15-19(18-31-23-10-9-20-6-5-7-21(20)16-23)8-12-24(27)25-17-22(29-2)11-13-26(25)28/h8-13,15-17H,3-7,14,18H2,1-2H3. The van der Waals surface area contributed by atoms with Crippen LogP contribution in [0, 0.1) is 5.82 Å². The Labute approximate surface area is 183 Å². The molecule has 1 aliphatic carbocycles. The number of aryl methyl sites for hydroxylation is 2. The van der Waals surface area contributed by atoms with Crippen LogP contribution in [0.2, 0.25) is 0 Å². The highest BCUT2D eigenvalue weighted by atomic mass is 19.1. The van der Waals surface area contributed by atoms with Crippen molar-refractivity contribution in [3.63, 3.8) is 0 Å². The van der Waals surface area contributed by atoms with E-state index in [9.17, 15) is 4.39 Å². The predicted molar refractivity (Wildman–Crippen MR) is 122 cm³/mol. The van der Waals surface area contributed by atoms with Crippen molar-refractivity contribution in [1.82, 2.24) is 0 Å². The summed E-state index contributed by atoms with van der Waals surface area (Å²) in [6.07, 6.45) is 5.48. The van der Waals surface area contributed by atoms with E-state index in [-0.39, 0.29) is 5.82 Å². The van der Waals surface area contributed by atoms with E-state index in [2.05, 4.69) is 19.1 Å². The van der Waals surface area contributed by atoms with Gasteiger partial charge in [-0.05, 0) is 78.8 Å². The van der Waals surface area contributed by atoms with Gasteiger partial charge in [-0.15, -0.1) is 0 Å². The topological polar surface area (TPSA) is 27.7 Å². The maximum Gasteiger partial charge on any atom is 0.131 e. The average Bonchev–Trinajstić information content (AvgIpc) is 3.26. The Kier molecular flexibility index (Phi) is 6.76. The highest BCUT2D eigenvalue weighted by Gasteiger charge is 2.15. The summed E-state index contributed by atoms with van der Waals surface area (Å²) < 4.78 is 32.0. The number of rotatable bonds is 9. The lowest BCUT2D eigenvalue weighted by Crippen LogP contribution is -2.02. The van der Waals surface area contributed by atoms with Gasteiger partial charge in [0.15, 0.2) is 0 Å². The van der Waals surface area contributed by atoms with Crippen molar-refractivity contribution in [3.05, 3.63) is 77.1 Å². The van der Waals surface area contributed by atoms with Gasteiger partial charge in [-0.1, -0.05) is 31.5 Å². The summed E-state index contributed by atoms with van der Waals surface area (Å²) >= 11 is 0. The fourth-order valence-corrected chi connectivity index (χ4v) is 3.97. The molecule has 0 unspecified atom stereocenters. The zero-order valence-corrected chi connectivity index (χ0v) is 18.2. The van der Waals surface area contributed by atoms with Crippen LogP contribution in [0.15, 0.2) is 54.6 Å². The number of hydrogen-bond donors (Lipinski definition) is 0. The van der Waals surface area contributed by atoms with Gasteiger partial charge in [-0.25, -0.2) is 4.39 Å². The molecule has 1 aliphatic rings. The molecule has 0 N–H and O–H groups in total. The summed E-state index contributed by atoms with van der Waals surface area (Å²) in [5.41, 5.74) is 5.00. The third-order valence-corrected chi connectivity index (χ3v) is 5.74. The second kappa shape index (κ2) is 9.86. The van der Waals surface area contributed by atoms with Crippen LogP contribution in [0.1, 0.15) is 42.9 Å². The molecule has 4 heteroatoms. The lowest BCUT2D eigenvalue weighted by molar-refractivity contribution is 0.298. The van der Waals surface area contributed by atoms with E-state index in [1.807, 2.05) is 24.3 Å². The molecule has 0 radical (unpaired) electrons. The molecule has 162 valence electrons. The number of fused-ring (bicyclic) bond motifs is 1. The van der Waals surface area contributed by atoms with Crippen LogP contribution in [0.3, 0.4) is 0 Å². The monoisotopic (exact) mass is 420 g/mol. The van der Waals surface area contributed by atoms with Crippen LogP contribution in [0.5, 0.6) is 17.2 Å². The number of benzene rings is 3. The van der Waals surface area contributed by atoms with Crippen molar-refractivity contribution in [1.29, 1.82) is 0 Å². The first-order chi connectivity index (χ1) is 15.2. The minimum atomic E-state index is -0.303. The molecular formula is C27H29FO3. The summed E-state index contributed by atoms with van der Waals surface area (Å²) in [6.45, 7) is 3.14. The van der Waals surface area contributed by atoms with Crippen LogP contribution >= 0.6 is 0 Å². The number of unbranched alkanes of at least 4 members (excludes halogenated alkanes) is 1. The molecule has 0 heterocycles. The molecule has 0 saturated carbocycles. The van der Waals surface area contributed by atoms with Gasteiger partial charge in [0.2, 0.25) is 0 Å². The Morgan fingerprint density at radius 1 is 0.839 bits per heavy atom. The van der Waals surface area contributed by atoms with Gasteiger partial charge < -0.3 is 14.2 Å². The summed E-state index contributed by atoms with van der Waals surface area (Å²) in [4.78, 5) is 0. The van der Waals surface area contributed by atoms with E-state index in [0.29, 0.717) is 35.8 Å². The summed E-state index contributed by atoms with van der Waals surface area (Å²) in [7, 11) is 1.58. The first-order valence-corrected chi connectivity index (χ1v) is 11.0. The normalized spacial score (nSPS) is 12.5. The molecule has 4 rings (SSSR count). The molecule has 0 amide bonds. The van der Waals surface area contributed by atoms with E-state index in [1.165, 1.54) is 23.6 Å². The zero-order valence-electron chi connectivity index (χ0n) is 18.2. The molecule has 3 aromatic carbocycles. The molecule has 0 aliphatic heterocycles. The molecule has 0 saturated heterocycles. The summed E-state index contributed by atoms with van der Waals surface area (Å²) in [5.74, 6) is 1.86. The fraction of sp³-hybridized carbons (Fsp3) is 0.333. The van der Waals surface area contributed by atoms with Crippen LogP contribution in [0.4, 0.5) is 4.39 Å². The Balaban J connectivity index is 1.57. The smallest absolute Gasteiger partial charge is 0.131 e. The van der Waals surface area contributed by atoms with Gasteiger partial charge >= 0.3 is 0 Å². The number of halogens is 1. The molecule has 0 fully saturated rings. The van der Waals surface area contributed by atoms with Crippen molar-refractivity contribution < 1.29 is 18.6 Å². The quantitative estimate of drug-likeness (QED) is 0.359. The van der Waals surface area contributed by atoms with Gasteiger partial charge in [0.1, 0.15) is 29.7 Å².